The Morgan fingerprint density at radius 1 is 1.57 bits per heavy atom. The molecule has 2 nitrogen and oxygen atoms in total. The Morgan fingerprint density at radius 2 is 2.21 bits per heavy atom. The SMILES string of the molecule is CC(NC(=O)CI)c1ccccc1Cl. The first-order chi connectivity index (χ1) is 6.65. The van der Waals surface area contributed by atoms with E-state index in [-0.39, 0.29) is 11.9 Å². The first kappa shape index (κ1) is 11.8. The minimum absolute atomic E-state index is 0.0259. The second kappa shape index (κ2) is 5.56. The van der Waals surface area contributed by atoms with Gasteiger partial charge >= 0.3 is 0 Å². The first-order valence-electron chi connectivity index (χ1n) is 4.25. The van der Waals surface area contributed by atoms with E-state index in [9.17, 15) is 4.79 Å². The third kappa shape index (κ3) is 3.13. The van der Waals surface area contributed by atoms with Crippen LogP contribution in [0.25, 0.3) is 0 Å². The van der Waals surface area contributed by atoms with Crippen molar-refractivity contribution in [3.05, 3.63) is 34.9 Å². The molecule has 0 saturated heterocycles. The van der Waals surface area contributed by atoms with Gasteiger partial charge in [-0.3, -0.25) is 4.79 Å². The van der Waals surface area contributed by atoms with E-state index in [2.05, 4.69) is 5.32 Å². The van der Waals surface area contributed by atoms with E-state index in [1.165, 1.54) is 0 Å². The second-order valence-electron chi connectivity index (χ2n) is 2.94. The Labute approximate surface area is 102 Å². The summed E-state index contributed by atoms with van der Waals surface area (Å²) >= 11 is 8.02. The highest BCUT2D eigenvalue weighted by Crippen LogP contribution is 2.21. The van der Waals surface area contributed by atoms with E-state index in [0.29, 0.717) is 9.45 Å². The summed E-state index contributed by atoms with van der Waals surface area (Å²) in [7, 11) is 0. The molecular formula is C10H11ClINO. The lowest BCUT2D eigenvalue weighted by Crippen LogP contribution is -2.27. The molecule has 1 aromatic rings. The topological polar surface area (TPSA) is 29.1 Å². The quantitative estimate of drug-likeness (QED) is 0.672. The second-order valence-corrected chi connectivity index (χ2v) is 4.11. The van der Waals surface area contributed by atoms with Crippen molar-refractivity contribution in [2.45, 2.75) is 13.0 Å². The van der Waals surface area contributed by atoms with E-state index < -0.39 is 0 Å². The molecule has 1 aromatic carbocycles. The zero-order valence-corrected chi connectivity index (χ0v) is 10.7. The fraction of sp³-hybridized carbons (Fsp3) is 0.300. The molecule has 1 amide bonds. The summed E-state index contributed by atoms with van der Waals surface area (Å²) in [6, 6.07) is 7.49. The predicted molar refractivity (Wildman–Crippen MR) is 66.9 cm³/mol. The summed E-state index contributed by atoms with van der Waals surface area (Å²) in [5, 5.41) is 3.54. The maximum atomic E-state index is 11.1. The lowest BCUT2D eigenvalue weighted by molar-refractivity contribution is -0.118. The molecule has 0 aromatic heterocycles. The van der Waals surface area contributed by atoms with Crippen LogP contribution in [0.5, 0.6) is 0 Å². The van der Waals surface area contributed by atoms with Crippen LogP contribution in [-0.2, 0) is 4.79 Å². The van der Waals surface area contributed by atoms with Gasteiger partial charge in [0.1, 0.15) is 0 Å². The van der Waals surface area contributed by atoms with Crippen molar-refractivity contribution in [3.63, 3.8) is 0 Å². The molecule has 0 spiro atoms. The number of nitrogens with one attached hydrogen (secondary N) is 1. The van der Waals surface area contributed by atoms with Crippen molar-refractivity contribution in [2.75, 3.05) is 4.43 Å². The van der Waals surface area contributed by atoms with Gasteiger partial charge in [-0.1, -0.05) is 52.4 Å². The minimum atomic E-state index is -0.0361. The van der Waals surface area contributed by atoms with Crippen LogP contribution in [0.2, 0.25) is 5.02 Å². The van der Waals surface area contributed by atoms with Crippen LogP contribution >= 0.6 is 34.2 Å². The molecule has 0 saturated carbocycles. The highest BCUT2D eigenvalue weighted by atomic mass is 127. The summed E-state index contributed by atoms with van der Waals surface area (Å²) in [5.41, 5.74) is 0.951. The summed E-state index contributed by atoms with van der Waals surface area (Å²) in [5.74, 6) is 0.0259. The Bertz CT molecular complexity index is 330. The molecule has 1 N–H and O–H groups in total. The molecule has 1 rings (SSSR count). The number of rotatable bonds is 3. The Balaban J connectivity index is 2.74. The Kier molecular flexibility index (Phi) is 4.68. The Hall–Kier alpha value is -0.290. The van der Waals surface area contributed by atoms with Gasteiger partial charge in [0.2, 0.25) is 5.91 Å². The molecule has 0 aliphatic rings. The van der Waals surface area contributed by atoms with Gasteiger partial charge in [0.25, 0.3) is 0 Å². The van der Waals surface area contributed by atoms with Crippen LogP contribution < -0.4 is 5.32 Å². The minimum Gasteiger partial charge on any atom is -0.349 e. The van der Waals surface area contributed by atoms with E-state index in [1.807, 2.05) is 53.8 Å². The van der Waals surface area contributed by atoms with Gasteiger partial charge in [-0.2, -0.15) is 0 Å². The summed E-state index contributed by atoms with van der Waals surface area (Å²) < 4.78 is 0.465. The maximum absolute atomic E-state index is 11.1. The van der Waals surface area contributed by atoms with Crippen molar-refractivity contribution in [1.29, 1.82) is 0 Å². The molecule has 0 fully saturated rings. The van der Waals surface area contributed by atoms with Crippen LogP contribution in [0.4, 0.5) is 0 Å². The van der Waals surface area contributed by atoms with Gasteiger partial charge in [0, 0.05) is 5.02 Å². The number of benzene rings is 1. The highest BCUT2D eigenvalue weighted by Gasteiger charge is 2.10. The van der Waals surface area contributed by atoms with Gasteiger partial charge in [-0.15, -0.1) is 0 Å². The largest absolute Gasteiger partial charge is 0.349 e. The molecule has 76 valence electrons. The molecule has 0 heterocycles. The number of alkyl halides is 1. The monoisotopic (exact) mass is 323 g/mol. The number of carbonyl (C=O) groups excluding carboxylic acids is 1. The maximum Gasteiger partial charge on any atom is 0.230 e. The van der Waals surface area contributed by atoms with E-state index in [1.54, 1.807) is 0 Å². The lowest BCUT2D eigenvalue weighted by Gasteiger charge is -2.14. The van der Waals surface area contributed by atoms with E-state index in [4.69, 9.17) is 11.6 Å². The fourth-order valence-electron chi connectivity index (χ4n) is 1.18. The molecule has 14 heavy (non-hydrogen) atoms. The van der Waals surface area contributed by atoms with Gasteiger partial charge in [-0.25, -0.2) is 0 Å². The third-order valence-electron chi connectivity index (χ3n) is 1.87. The molecule has 0 bridgehead atoms. The molecule has 1 atom stereocenters. The number of hydrogen-bond acceptors (Lipinski definition) is 1. The van der Waals surface area contributed by atoms with Gasteiger partial charge < -0.3 is 5.32 Å². The van der Waals surface area contributed by atoms with Crippen molar-refractivity contribution < 1.29 is 4.79 Å². The van der Waals surface area contributed by atoms with E-state index >= 15 is 0 Å². The molecule has 0 aliphatic heterocycles. The standard InChI is InChI=1S/C10H11ClINO/c1-7(13-10(14)6-12)8-4-2-3-5-9(8)11/h2-5,7H,6H2,1H3,(H,13,14). The summed E-state index contributed by atoms with van der Waals surface area (Å²) in [4.78, 5) is 11.1. The van der Waals surface area contributed by atoms with Crippen LogP contribution in [0, 0.1) is 0 Å². The number of carbonyl (C=O) groups is 1. The normalized spacial score (nSPS) is 12.2. The van der Waals surface area contributed by atoms with Crippen LogP contribution in [-0.4, -0.2) is 10.3 Å². The fourth-order valence-corrected chi connectivity index (χ4v) is 1.70. The van der Waals surface area contributed by atoms with Crippen LogP contribution in [0.15, 0.2) is 24.3 Å². The van der Waals surface area contributed by atoms with Crippen molar-refractivity contribution in [1.82, 2.24) is 5.32 Å². The van der Waals surface area contributed by atoms with Crippen molar-refractivity contribution in [3.8, 4) is 0 Å². The summed E-state index contributed by atoms with van der Waals surface area (Å²) in [6.07, 6.45) is 0. The molecule has 0 aliphatic carbocycles. The molecule has 4 heteroatoms. The molecule has 1 unspecified atom stereocenters. The molecule has 0 radical (unpaired) electrons. The zero-order chi connectivity index (χ0) is 10.6. The van der Waals surface area contributed by atoms with Gasteiger partial charge in [0.05, 0.1) is 10.5 Å². The van der Waals surface area contributed by atoms with Gasteiger partial charge in [0.15, 0.2) is 0 Å². The average Bonchev–Trinajstić information content (AvgIpc) is 2.18. The third-order valence-corrected chi connectivity index (χ3v) is 2.91. The predicted octanol–water partition coefficient (Wildman–Crippen LogP) is 2.95. The number of halogens is 2. The highest BCUT2D eigenvalue weighted by molar-refractivity contribution is 14.1. The zero-order valence-electron chi connectivity index (χ0n) is 7.76. The van der Waals surface area contributed by atoms with Crippen LogP contribution in [0.1, 0.15) is 18.5 Å². The van der Waals surface area contributed by atoms with Crippen molar-refractivity contribution >= 4 is 40.1 Å². The number of hydrogen-bond donors (Lipinski definition) is 1. The van der Waals surface area contributed by atoms with Gasteiger partial charge in [-0.05, 0) is 18.6 Å². The lowest BCUT2D eigenvalue weighted by atomic mass is 10.1. The average molecular weight is 324 g/mol. The van der Waals surface area contributed by atoms with Crippen LogP contribution in [0.3, 0.4) is 0 Å². The van der Waals surface area contributed by atoms with Crippen molar-refractivity contribution in [2.24, 2.45) is 0 Å². The van der Waals surface area contributed by atoms with E-state index in [0.717, 1.165) is 5.56 Å². The first-order valence-corrected chi connectivity index (χ1v) is 6.15. The molecular weight excluding hydrogens is 312 g/mol. The Morgan fingerprint density at radius 3 is 2.79 bits per heavy atom. The number of amides is 1. The summed E-state index contributed by atoms with van der Waals surface area (Å²) in [6.45, 7) is 1.92. The smallest absolute Gasteiger partial charge is 0.230 e.